The summed E-state index contributed by atoms with van der Waals surface area (Å²) < 4.78 is 40.5. The lowest BCUT2D eigenvalue weighted by molar-refractivity contribution is -0.115. The van der Waals surface area contributed by atoms with Gasteiger partial charge >= 0.3 is 6.18 Å². The van der Waals surface area contributed by atoms with E-state index in [0.29, 0.717) is 5.52 Å². The van der Waals surface area contributed by atoms with E-state index >= 15 is 0 Å². The third-order valence-corrected chi connectivity index (χ3v) is 4.24. The Hall–Kier alpha value is -3.17. The molecule has 0 atom stereocenters. The highest BCUT2D eigenvalue weighted by Gasteiger charge is 2.27. The summed E-state index contributed by atoms with van der Waals surface area (Å²) in [7, 11) is 0. The Labute approximate surface area is 151 Å². The molecule has 0 fully saturated rings. The molecule has 0 aliphatic heterocycles. The minimum absolute atomic E-state index is 0.0925. The van der Waals surface area contributed by atoms with E-state index in [1.54, 1.807) is 6.20 Å². The van der Waals surface area contributed by atoms with Gasteiger partial charge in [-0.05, 0) is 32.0 Å². The summed E-state index contributed by atoms with van der Waals surface area (Å²) in [5.74, 6) is 0.799. The smallest absolute Gasteiger partial charge is 0.344 e. The molecule has 4 heterocycles. The molecule has 140 valence electrons. The molecular weight excluding hydrogens is 359 g/mol. The molecule has 0 aliphatic rings. The van der Waals surface area contributed by atoms with Crippen LogP contribution in [-0.4, -0.2) is 41.9 Å². The van der Waals surface area contributed by atoms with E-state index < -0.39 is 12.7 Å². The summed E-state index contributed by atoms with van der Waals surface area (Å²) >= 11 is 0. The van der Waals surface area contributed by atoms with Crippen LogP contribution in [-0.2, 0) is 6.54 Å². The fraction of sp³-hybridized carbons (Fsp3) is 0.294. The zero-order chi connectivity index (χ0) is 19.2. The molecule has 0 aromatic carbocycles. The lowest BCUT2D eigenvalue weighted by Gasteiger charge is -2.08. The van der Waals surface area contributed by atoms with E-state index in [1.165, 1.54) is 10.7 Å². The predicted molar refractivity (Wildman–Crippen MR) is 94.5 cm³/mol. The van der Waals surface area contributed by atoms with Gasteiger partial charge in [0.25, 0.3) is 0 Å². The molecule has 4 aromatic heterocycles. The summed E-state index contributed by atoms with van der Waals surface area (Å²) in [5, 5.41) is 6.25. The molecule has 0 radical (unpaired) electrons. The van der Waals surface area contributed by atoms with Crippen molar-refractivity contribution in [1.29, 1.82) is 0 Å². The first-order valence-electron chi connectivity index (χ1n) is 8.35. The van der Waals surface area contributed by atoms with Gasteiger partial charge in [0.05, 0.1) is 17.4 Å². The average molecular weight is 375 g/mol. The number of rotatable bonds is 4. The number of anilines is 1. The molecular formula is C17H16F3N7. The van der Waals surface area contributed by atoms with Crippen LogP contribution >= 0.6 is 0 Å². The number of aromatic nitrogens is 6. The molecule has 7 nitrogen and oxygen atoms in total. The number of halogens is 3. The molecule has 0 bridgehead atoms. The normalized spacial score (nSPS) is 12.2. The van der Waals surface area contributed by atoms with E-state index in [2.05, 4.69) is 20.4 Å². The van der Waals surface area contributed by atoms with Crippen LogP contribution in [0.2, 0.25) is 0 Å². The van der Waals surface area contributed by atoms with Gasteiger partial charge in [0.15, 0.2) is 5.65 Å². The largest absolute Gasteiger partial charge is 0.405 e. The quantitative estimate of drug-likeness (QED) is 0.592. The van der Waals surface area contributed by atoms with Crippen LogP contribution in [0.3, 0.4) is 0 Å². The molecule has 0 saturated carbocycles. The minimum Gasteiger partial charge on any atom is -0.344 e. The number of fused-ring (bicyclic) bond motifs is 2. The Bertz CT molecular complexity index is 1130. The SMILES string of the molecule is CCn1c(C)nc2ccc(-c3ccn4nc(NCC(F)(F)F)ncc34)nc21. The fourth-order valence-corrected chi connectivity index (χ4v) is 3.02. The van der Waals surface area contributed by atoms with Crippen molar-refractivity contribution >= 4 is 22.6 Å². The van der Waals surface area contributed by atoms with Gasteiger partial charge in [-0.15, -0.1) is 5.10 Å². The highest BCUT2D eigenvalue weighted by atomic mass is 19.4. The molecule has 27 heavy (non-hydrogen) atoms. The predicted octanol–water partition coefficient (Wildman–Crippen LogP) is 3.44. The molecule has 10 heteroatoms. The summed E-state index contributed by atoms with van der Waals surface area (Å²) in [6, 6.07) is 5.57. The van der Waals surface area contributed by atoms with Gasteiger partial charge in [-0.25, -0.2) is 19.5 Å². The maximum Gasteiger partial charge on any atom is 0.405 e. The monoisotopic (exact) mass is 375 g/mol. The van der Waals surface area contributed by atoms with Gasteiger partial charge in [-0.1, -0.05) is 0 Å². The highest BCUT2D eigenvalue weighted by Crippen LogP contribution is 2.26. The molecule has 0 aliphatic carbocycles. The third-order valence-electron chi connectivity index (χ3n) is 4.24. The number of aryl methyl sites for hydroxylation is 2. The van der Waals surface area contributed by atoms with Crippen LogP contribution in [0.1, 0.15) is 12.7 Å². The number of imidazole rings is 1. The highest BCUT2D eigenvalue weighted by molar-refractivity contribution is 5.82. The summed E-state index contributed by atoms with van der Waals surface area (Å²) in [6.07, 6.45) is -1.19. The van der Waals surface area contributed by atoms with Crippen LogP contribution in [0.15, 0.2) is 30.6 Å². The van der Waals surface area contributed by atoms with Crippen LogP contribution in [0.5, 0.6) is 0 Å². The van der Waals surface area contributed by atoms with E-state index in [9.17, 15) is 13.2 Å². The molecule has 0 unspecified atom stereocenters. The van der Waals surface area contributed by atoms with Gasteiger partial charge in [-0.3, -0.25) is 0 Å². The molecule has 0 spiro atoms. The maximum atomic E-state index is 12.3. The molecule has 0 saturated heterocycles. The van der Waals surface area contributed by atoms with Crippen molar-refractivity contribution in [2.45, 2.75) is 26.6 Å². The maximum absolute atomic E-state index is 12.3. The topological polar surface area (TPSA) is 72.9 Å². The van der Waals surface area contributed by atoms with E-state index in [-0.39, 0.29) is 5.95 Å². The van der Waals surface area contributed by atoms with Crippen molar-refractivity contribution in [2.75, 3.05) is 11.9 Å². The Morgan fingerprint density at radius 3 is 2.70 bits per heavy atom. The van der Waals surface area contributed by atoms with E-state index in [4.69, 9.17) is 4.98 Å². The number of nitrogens with zero attached hydrogens (tertiary/aromatic N) is 6. The number of nitrogens with one attached hydrogen (secondary N) is 1. The Morgan fingerprint density at radius 2 is 1.96 bits per heavy atom. The van der Waals surface area contributed by atoms with Crippen LogP contribution in [0.25, 0.3) is 27.9 Å². The standard InChI is InChI=1S/C17H16F3N7/c1-3-26-10(2)23-13-5-4-12(24-15(13)26)11-6-7-27-14(11)8-21-16(25-27)22-9-17(18,19)20/h4-8H,3,9H2,1-2H3,(H,22,25). The zero-order valence-corrected chi connectivity index (χ0v) is 14.6. The second-order valence-corrected chi connectivity index (χ2v) is 6.05. The molecule has 1 N–H and O–H groups in total. The number of alkyl halides is 3. The van der Waals surface area contributed by atoms with Gasteiger partial charge in [-0.2, -0.15) is 13.2 Å². The second-order valence-electron chi connectivity index (χ2n) is 6.05. The van der Waals surface area contributed by atoms with Gasteiger partial charge in [0, 0.05) is 18.3 Å². The van der Waals surface area contributed by atoms with Gasteiger partial charge < -0.3 is 9.88 Å². The second kappa shape index (κ2) is 6.22. The zero-order valence-electron chi connectivity index (χ0n) is 14.6. The van der Waals surface area contributed by atoms with Gasteiger partial charge in [0.2, 0.25) is 5.95 Å². The Kier molecular flexibility index (Phi) is 3.97. The molecule has 0 amide bonds. The first-order chi connectivity index (χ1) is 12.9. The number of hydrogen-bond donors (Lipinski definition) is 1. The van der Waals surface area contributed by atoms with Crippen molar-refractivity contribution in [3.05, 3.63) is 36.4 Å². The van der Waals surface area contributed by atoms with Crippen LogP contribution < -0.4 is 5.32 Å². The van der Waals surface area contributed by atoms with Crippen molar-refractivity contribution in [1.82, 2.24) is 29.1 Å². The van der Waals surface area contributed by atoms with Crippen LogP contribution in [0, 0.1) is 6.92 Å². The summed E-state index contributed by atoms with van der Waals surface area (Å²) in [5.41, 5.74) is 3.77. The first kappa shape index (κ1) is 17.3. The molecule has 4 aromatic rings. The average Bonchev–Trinajstić information content (AvgIpc) is 3.18. The van der Waals surface area contributed by atoms with E-state index in [1.807, 2.05) is 36.6 Å². The van der Waals surface area contributed by atoms with Crippen molar-refractivity contribution in [2.24, 2.45) is 0 Å². The lowest BCUT2D eigenvalue weighted by atomic mass is 10.2. The first-order valence-corrected chi connectivity index (χ1v) is 8.35. The minimum atomic E-state index is -4.33. The van der Waals surface area contributed by atoms with Gasteiger partial charge in [0.1, 0.15) is 17.9 Å². The van der Waals surface area contributed by atoms with Crippen molar-refractivity contribution < 1.29 is 13.2 Å². The lowest BCUT2D eigenvalue weighted by Crippen LogP contribution is -2.22. The number of pyridine rings is 1. The summed E-state index contributed by atoms with van der Waals surface area (Å²) in [4.78, 5) is 13.2. The summed E-state index contributed by atoms with van der Waals surface area (Å²) in [6.45, 7) is 3.53. The van der Waals surface area contributed by atoms with Crippen molar-refractivity contribution in [3.8, 4) is 11.3 Å². The third kappa shape index (κ3) is 3.18. The van der Waals surface area contributed by atoms with Crippen molar-refractivity contribution in [3.63, 3.8) is 0 Å². The Morgan fingerprint density at radius 1 is 1.15 bits per heavy atom. The Balaban J connectivity index is 1.73. The number of hydrogen-bond acceptors (Lipinski definition) is 5. The van der Waals surface area contributed by atoms with Crippen LogP contribution in [0.4, 0.5) is 19.1 Å². The van der Waals surface area contributed by atoms with E-state index in [0.717, 1.165) is 34.8 Å². The molecule has 4 rings (SSSR count). The fourth-order valence-electron chi connectivity index (χ4n) is 3.02.